The Hall–Kier alpha value is -2.25. The van der Waals surface area contributed by atoms with Crippen LogP contribution >= 0.6 is 0 Å². The number of nitrogens with zero attached hydrogens (tertiary/aromatic N) is 1. The van der Waals surface area contributed by atoms with Crippen molar-refractivity contribution in [1.82, 2.24) is 4.90 Å². The number of hydrogen-bond acceptors (Lipinski definition) is 5. The van der Waals surface area contributed by atoms with Gasteiger partial charge in [0.1, 0.15) is 11.4 Å². The summed E-state index contributed by atoms with van der Waals surface area (Å²) in [7, 11) is -0.380. The van der Waals surface area contributed by atoms with Gasteiger partial charge in [0.05, 0.1) is 17.8 Å². The molecule has 0 spiro atoms. The molecule has 34 heavy (non-hydrogen) atoms. The molecule has 0 aliphatic carbocycles. The molecule has 0 saturated carbocycles. The molecule has 2 aromatic rings. The number of carbonyl (C=O) groups excluding carboxylic acids is 1. The van der Waals surface area contributed by atoms with Crippen molar-refractivity contribution in [2.45, 2.75) is 78.1 Å². The highest BCUT2D eigenvalue weighted by atomic mass is 16.7. The summed E-state index contributed by atoms with van der Waals surface area (Å²) in [5.41, 5.74) is -0.180. The monoisotopic (exact) mass is 467 g/mol. The molecule has 0 unspecified atom stereocenters. The molecule has 2 aromatic carbocycles. The van der Waals surface area contributed by atoms with E-state index in [1.165, 1.54) is 0 Å². The van der Waals surface area contributed by atoms with Crippen molar-refractivity contribution in [3.63, 3.8) is 0 Å². The lowest BCUT2D eigenvalue weighted by Gasteiger charge is -2.33. The van der Waals surface area contributed by atoms with Crippen LogP contribution in [-0.4, -0.2) is 54.6 Å². The van der Waals surface area contributed by atoms with Gasteiger partial charge in [-0.25, -0.2) is 4.79 Å². The number of rotatable bonds is 4. The van der Waals surface area contributed by atoms with Crippen molar-refractivity contribution >= 4 is 29.4 Å². The molecule has 0 bridgehead atoms. The molecule has 0 radical (unpaired) electrons. The molecule has 4 rings (SSSR count). The third-order valence-corrected chi connectivity index (χ3v) is 7.11. The molecule has 184 valence electrons. The van der Waals surface area contributed by atoms with E-state index in [0.717, 1.165) is 34.8 Å². The minimum absolute atomic E-state index is 0.223. The summed E-state index contributed by atoms with van der Waals surface area (Å²) in [5.74, 6) is 1.28. The van der Waals surface area contributed by atoms with Gasteiger partial charge >= 0.3 is 13.2 Å². The minimum Gasteiger partial charge on any atom is -0.493 e. The van der Waals surface area contributed by atoms with Gasteiger partial charge in [-0.05, 0) is 95.6 Å². The van der Waals surface area contributed by atoms with Crippen LogP contribution in [0.25, 0.3) is 10.8 Å². The van der Waals surface area contributed by atoms with Gasteiger partial charge in [0.25, 0.3) is 0 Å². The van der Waals surface area contributed by atoms with Crippen molar-refractivity contribution in [1.29, 1.82) is 0 Å². The van der Waals surface area contributed by atoms with Crippen LogP contribution in [0.5, 0.6) is 5.75 Å². The van der Waals surface area contributed by atoms with Crippen molar-refractivity contribution in [2.75, 3.05) is 19.7 Å². The second kappa shape index (κ2) is 9.08. The standard InChI is InChI=1S/C27H38BNO5/c1-25(2,3)32-24(30)29-14-12-19(13-15-29)18-31-23-11-9-20-8-10-22(16-21(20)17-23)28-33-26(4,5)27(6,7)34-28/h8-11,16-17,19H,12-15,18H2,1-7H3. The van der Waals surface area contributed by atoms with E-state index in [0.29, 0.717) is 25.6 Å². The van der Waals surface area contributed by atoms with E-state index in [-0.39, 0.29) is 24.4 Å². The summed E-state index contributed by atoms with van der Waals surface area (Å²) < 4.78 is 24.1. The Morgan fingerprint density at radius 2 is 1.62 bits per heavy atom. The second-order valence-electron chi connectivity index (χ2n) is 11.6. The number of likely N-dealkylation sites (tertiary alicyclic amines) is 1. The zero-order chi connectivity index (χ0) is 24.7. The third kappa shape index (κ3) is 5.52. The number of ether oxygens (including phenoxy) is 2. The van der Waals surface area contributed by atoms with Crippen LogP contribution in [0.1, 0.15) is 61.3 Å². The van der Waals surface area contributed by atoms with Crippen molar-refractivity contribution in [2.24, 2.45) is 5.92 Å². The average molecular weight is 467 g/mol. The summed E-state index contributed by atoms with van der Waals surface area (Å²) in [6.45, 7) is 16.0. The van der Waals surface area contributed by atoms with E-state index in [2.05, 4.69) is 58.0 Å². The van der Waals surface area contributed by atoms with Crippen LogP contribution in [0.4, 0.5) is 4.79 Å². The van der Waals surface area contributed by atoms with Gasteiger partial charge in [0, 0.05) is 13.1 Å². The smallest absolute Gasteiger partial charge is 0.493 e. The van der Waals surface area contributed by atoms with Gasteiger partial charge in [0.15, 0.2) is 0 Å². The first-order valence-electron chi connectivity index (χ1n) is 12.3. The molecule has 2 saturated heterocycles. The fraction of sp³-hybridized carbons (Fsp3) is 0.593. The molecule has 2 fully saturated rings. The van der Waals surface area contributed by atoms with Crippen LogP contribution < -0.4 is 10.2 Å². The molecule has 1 amide bonds. The van der Waals surface area contributed by atoms with Crippen LogP contribution in [0.15, 0.2) is 36.4 Å². The molecule has 0 aromatic heterocycles. The van der Waals surface area contributed by atoms with Crippen LogP contribution in [0, 0.1) is 5.92 Å². The lowest BCUT2D eigenvalue weighted by Crippen LogP contribution is -2.42. The van der Waals surface area contributed by atoms with E-state index >= 15 is 0 Å². The SMILES string of the molecule is CC(C)(C)OC(=O)N1CCC(COc2ccc3ccc(B4OC(C)(C)C(C)(C)O4)cc3c2)CC1. The lowest BCUT2D eigenvalue weighted by molar-refractivity contribution is 0.00578. The fourth-order valence-corrected chi connectivity index (χ4v) is 4.28. The van der Waals surface area contributed by atoms with Gasteiger partial charge in [-0.2, -0.15) is 0 Å². The zero-order valence-electron chi connectivity index (χ0n) is 21.6. The highest BCUT2D eigenvalue weighted by molar-refractivity contribution is 6.62. The molecule has 0 N–H and O–H groups in total. The Bertz CT molecular complexity index is 1020. The largest absolute Gasteiger partial charge is 0.494 e. The van der Waals surface area contributed by atoms with Gasteiger partial charge in [-0.1, -0.05) is 24.3 Å². The Labute approximate surface area is 204 Å². The average Bonchev–Trinajstić information content (AvgIpc) is 2.98. The van der Waals surface area contributed by atoms with Crippen LogP contribution in [-0.2, 0) is 14.0 Å². The molecular formula is C27H38BNO5. The Kier molecular flexibility index (Phi) is 6.64. The highest BCUT2D eigenvalue weighted by Gasteiger charge is 2.51. The predicted octanol–water partition coefficient (Wildman–Crippen LogP) is 5.16. The summed E-state index contributed by atoms with van der Waals surface area (Å²) in [6.07, 6.45) is 1.61. The maximum absolute atomic E-state index is 12.3. The molecule has 2 aliphatic rings. The maximum atomic E-state index is 12.3. The summed E-state index contributed by atoms with van der Waals surface area (Å²) >= 11 is 0. The first-order valence-corrected chi connectivity index (χ1v) is 12.3. The molecule has 2 heterocycles. The first-order chi connectivity index (χ1) is 15.8. The Morgan fingerprint density at radius 1 is 1.00 bits per heavy atom. The normalized spacial score (nSPS) is 20.6. The highest BCUT2D eigenvalue weighted by Crippen LogP contribution is 2.36. The maximum Gasteiger partial charge on any atom is 0.494 e. The van der Waals surface area contributed by atoms with Gasteiger partial charge < -0.3 is 23.7 Å². The van der Waals surface area contributed by atoms with E-state index in [4.69, 9.17) is 18.8 Å². The molecule has 0 atom stereocenters. The zero-order valence-corrected chi connectivity index (χ0v) is 21.6. The number of fused-ring (bicyclic) bond motifs is 1. The summed E-state index contributed by atoms with van der Waals surface area (Å²) in [4.78, 5) is 14.1. The second-order valence-corrected chi connectivity index (χ2v) is 11.6. The number of carbonyl (C=O) groups is 1. The number of amides is 1. The Balaban J connectivity index is 1.35. The number of benzene rings is 2. The number of hydrogen-bond donors (Lipinski definition) is 0. The van der Waals surface area contributed by atoms with Gasteiger partial charge in [0.2, 0.25) is 0 Å². The van der Waals surface area contributed by atoms with Crippen molar-refractivity contribution in [3.05, 3.63) is 36.4 Å². The van der Waals surface area contributed by atoms with E-state index < -0.39 is 5.60 Å². The topological polar surface area (TPSA) is 57.2 Å². The quantitative estimate of drug-likeness (QED) is 0.581. The van der Waals surface area contributed by atoms with Gasteiger partial charge in [-0.15, -0.1) is 0 Å². The van der Waals surface area contributed by atoms with Crippen molar-refractivity contribution in [3.8, 4) is 5.75 Å². The Morgan fingerprint density at radius 3 is 2.24 bits per heavy atom. The van der Waals surface area contributed by atoms with Crippen LogP contribution in [0.3, 0.4) is 0 Å². The molecule has 7 heteroatoms. The molecular weight excluding hydrogens is 429 g/mol. The van der Waals surface area contributed by atoms with E-state index in [9.17, 15) is 4.79 Å². The van der Waals surface area contributed by atoms with Gasteiger partial charge in [-0.3, -0.25) is 0 Å². The van der Waals surface area contributed by atoms with E-state index in [1.807, 2.05) is 26.8 Å². The lowest BCUT2D eigenvalue weighted by atomic mass is 9.78. The first kappa shape index (κ1) is 24.9. The number of piperidine rings is 1. The molecule has 6 nitrogen and oxygen atoms in total. The fourth-order valence-electron chi connectivity index (χ4n) is 4.28. The van der Waals surface area contributed by atoms with Crippen LogP contribution in [0.2, 0.25) is 0 Å². The van der Waals surface area contributed by atoms with E-state index in [1.54, 1.807) is 4.90 Å². The molecule has 2 aliphatic heterocycles. The minimum atomic E-state index is -0.463. The summed E-state index contributed by atoms with van der Waals surface area (Å²) in [5, 5.41) is 2.25. The predicted molar refractivity (Wildman–Crippen MR) is 136 cm³/mol. The third-order valence-electron chi connectivity index (χ3n) is 7.11. The summed E-state index contributed by atoms with van der Waals surface area (Å²) in [6, 6.07) is 12.5. The van der Waals surface area contributed by atoms with Crippen molar-refractivity contribution < 1.29 is 23.6 Å².